The Labute approximate surface area is 178 Å². The number of hydrogen-bond donors (Lipinski definition) is 0. The van der Waals surface area contributed by atoms with E-state index >= 15 is 0 Å². The van der Waals surface area contributed by atoms with E-state index in [1.165, 1.54) is 141 Å². The first-order valence-corrected chi connectivity index (χ1v) is 13.3. The maximum Gasteiger partial charge on any atom is 0.0894 e. The van der Waals surface area contributed by atoms with Crippen molar-refractivity contribution in [2.24, 2.45) is 0 Å². The minimum Gasteiger partial charge on any atom is -0.251 e. The Kier molecular flexibility index (Phi) is 26.9. The van der Waals surface area contributed by atoms with E-state index in [9.17, 15) is 4.39 Å². The van der Waals surface area contributed by atoms with Crippen molar-refractivity contribution in [1.82, 2.24) is 0 Å². The van der Waals surface area contributed by atoms with Gasteiger partial charge in [-0.25, -0.2) is 0 Å². The molecule has 0 aliphatic rings. The van der Waals surface area contributed by atoms with Crippen LogP contribution in [-0.2, 0) is 0 Å². The SMILES string of the molecule is CCCCCCCCCCCCCCCCC[CH]CCCCCCCCCF. The minimum absolute atomic E-state index is 0.131. The van der Waals surface area contributed by atoms with E-state index in [2.05, 4.69) is 13.3 Å². The maximum atomic E-state index is 12.0. The molecule has 0 aromatic rings. The largest absolute Gasteiger partial charge is 0.251 e. The van der Waals surface area contributed by atoms with Crippen molar-refractivity contribution in [3.8, 4) is 0 Å². The average Bonchev–Trinajstić information content (AvgIpc) is 2.71. The van der Waals surface area contributed by atoms with Gasteiger partial charge in [0, 0.05) is 0 Å². The Morgan fingerprint density at radius 2 is 0.679 bits per heavy atom. The molecular weight excluding hydrogens is 343 g/mol. The van der Waals surface area contributed by atoms with Gasteiger partial charge in [-0.05, 0) is 12.8 Å². The zero-order valence-electron chi connectivity index (χ0n) is 19.6. The lowest BCUT2D eigenvalue weighted by Gasteiger charge is -2.04. The van der Waals surface area contributed by atoms with Crippen LogP contribution < -0.4 is 0 Å². The second kappa shape index (κ2) is 26.9. The third-order valence-electron chi connectivity index (χ3n) is 6.05. The first-order valence-electron chi connectivity index (χ1n) is 13.3. The Bertz CT molecular complexity index is 225. The zero-order chi connectivity index (χ0) is 20.4. The molecule has 0 fully saturated rings. The monoisotopic (exact) mass is 397 g/mol. The molecule has 0 nitrogen and oxygen atoms in total. The van der Waals surface area contributed by atoms with Crippen molar-refractivity contribution in [3.63, 3.8) is 0 Å². The van der Waals surface area contributed by atoms with Crippen LogP contribution in [0.5, 0.6) is 0 Å². The summed E-state index contributed by atoms with van der Waals surface area (Å²) in [6, 6.07) is 0. The van der Waals surface area contributed by atoms with Crippen molar-refractivity contribution >= 4 is 0 Å². The molecule has 0 N–H and O–H groups in total. The highest BCUT2D eigenvalue weighted by atomic mass is 19.1. The van der Waals surface area contributed by atoms with E-state index in [0.717, 1.165) is 12.8 Å². The van der Waals surface area contributed by atoms with Gasteiger partial charge in [-0.1, -0.05) is 155 Å². The predicted octanol–water partition coefficient (Wildman–Crippen LogP) is 10.5. The van der Waals surface area contributed by atoms with Crippen LogP contribution in [-0.4, -0.2) is 6.67 Å². The summed E-state index contributed by atoms with van der Waals surface area (Å²) in [6.07, 6.45) is 35.4. The molecule has 0 saturated carbocycles. The van der Waals surface area contributed by atoms with Crippen LogP contribution in [0.3, 0.4) is 0 Å². The fourth-order valence-corrected chi connectivity index (χ4v) is 4.07. The lowest BCUT2D eigenvalue weighted by atomic mass is 10.0. The second-order valence-corrected chi connectivity index (χ2v) is 8.98. The Morgan fingerprint density at radius 1 is 0.393 bits per heavy atom. The van der Waals surface area contributed by atoms with Crippen molar-refractivity contribution in [1.29, 1.82) is 0 Å². The number of alkyl halides is 1. The van der Waals surface area contributed by atoms with E-state index in [-0.39, 0.29) is 6.67 Å². The summed E-state index contributed by atoms with van der Waals surface area (Å²) in [5.41, 5.74) is 0. The van der Waals surface area contributed by atoms with Gasteiger partial charge >= 0.3 is 0 Å². The lowest BCUT2D eigenvalue weighted by molar-refractivity contribution is 0.449. The molecule has 1 heteroatoms. The minimum atomic E-state index is -0.131. The highest BCUT2D eigenvalue weighted by Gasteiger charge is 1.96. The third-order valence-corrected chi connectivity index (χ3v) is 6.05. The summed E-state index contributed by atoms with van der Waals surface area (Å²) < 4.78 is 12.0. The summed E-state index contributed by atoms with van der Waals surface area (Å²) >= 11 is 0. The molecule has 0 unspecified atom stereocenters. The standard InChI is InChI=1S/C27H54F/c1-2-3-4-5-6-7-8-9-10-11-12-13-14-15-16-17-18-19-20-21-22-23-24-25-26-27-28/h18H,2-17,19-27H2,1H3. The smallest absolute Gasteiger partial charge is 0.0894 e. The average molecular weight is 398 g/mol. The highest BCUT2D eigenvalue weighted by molar-refractivity contribution is 4.64. The molecule has 0 spiro atoms. The molecular formula is C27H54F. The van der Waals surface area contributed by atoms with Crippen LogP contribution in [0.15, 0.2) is 0 Å². The van der Waals surface area contributed by atoms with Gasteiger partial charge < -0.3 is 0 Å². The third kappa shape index (κ3) is 25.9. The molecule has 0 atom stereocenters. The summed E-state index contributed by atoms with van der Waals surface area (Å²) in [6.45, 7) is 2.16. The van der Waals surface area contributed by atoms with Crippen molar-refractivity contribution in [2.45, 2.75) is 161 Å². The molecule has 0 aliphatic heterocycles. The molecule has 28 heavy (non-hydrogen) atoms. The molecule has 0 amide bonds. The van der Waals surface area contributed by atoms with Gasteiger partial charge in [-0.2, -0.15) is 0 Å². The fourth-order valence-electron chi connectivity index (χ4n) is 4.07. The Morgan fingerprint density at radius 3 is 1.00 bits per heavy atom. The lowest BCUT2D eigenvalue weighted by Crippen LogP contribution is -1.85. The summed E-state index contributed by atoms with van der Waals surface area (Å²) in [5, 5.41) is 0. The second-order valence-electron chi connectivity index (χ2n) is 8.98. The van der Waals surface area contributed by atoms with Gasteiger partial charge in [0.15, 0.2) is 0 Å². The molecule has 0 rings (SSSR count). The molecule has 1 radical (unpaired) electrons. The van der Waals surface area contributed by atoms with Crippen LogP contribution in [0.25, 0.3) is 0 Å². The number of halogens is 1. The van der Waals surface area contributed by atoms with Crippen LogP contribution >= 0.6 is 0 Å². The van der Waals surface area contributed by atoms with Gasteiger partial charge in [0.05, 0.1) is 6.67 Å². The van der Waals surface area contributed by atoms with Gasteiger partial charge in [-0.15, -0.1) is 0 Å². The maximum absolute atomic E-state index is 12.0. The topological polar surface area (TPSA) is 0 Å². The van der Waals surface area contributed by atoms with E-state index in [1.54, 1.807) is 0 Å². The first-order chi connectivity index (χ1) is 13.9. The molecule has 0 bridgehead atoms. The van der Waals surface area contributed by atoms with Gasteiger partial charge in [0.25, 0.3) is 0 Å². The van der Waals surface area contributed by atoms with Crippen LogP contribution in [0.1, 0.15) is 161 Å². The summed E-state index contributed by atoms with van der Waals surface area (Å²) in [7, 11) is 0. The van der Waals surface area contributed by atoms with E-state index in [0.29, 0.717) is 0 Å². The van der Waals surface area contributed by atoms with Gasteiger partial charge in [0.2, 0.25) is 0 Å². The molecule has 169 valence electrons. The van der Waals surface area contributed by atoms with Crippen LogP contribution in [0, 0.1) is 6.42 Å². The quantitative estimate of drug-likeness (QED) is 0.134. The Balaban J connectivity index is 2.96. The Hall–Kier alpha value is -0.0700. The molecule has 0 aromatic heterocycles. The highest BCUT2D eigenvalue weighted by Crippen LogP contribution is 2.15. The number of unbranched alkanes of at least 4 members (excludes halogenated alkanes) is 24. The molecule has 0 aromatic carbocycles. The zero-order valence-corrected chi connectivity index (χ0v) is 19.6. The fraction of sp³-hybridized carbons (Fsp3) is 0.963. The van der Waals surface area contributed by atoms with Crippen molar-refractivity contribution in [2.75, 3.05) is 6.67 Å². The summed E-state index contributed by atoms with van der Waals surface area (Å²) in [5.74, 6) is 0. The predicted molar refractivity (Wildman–Crippen MR) is 127 cm³/mol. The normalized spacial score (nSPS) is 11.4. The van der Waals surface area contributed by atoms with E-state index < -0.39 is 0 Å². The van der Waals surface area contributed by atoms with E-state index in [1.807, 2.05) is 0 Å². The molecule has 0 aliphatic carbocycles. The number of rotatable bonds is 25. The van der Waals surface area contributed by atoms with Crippen molar-refractivity contribution in [3.05, 3.63) is 6.42 Å². The van der Waals surface area contributed by atoms with Crippen LogP contribution in [0.4, 0.5) is 4.39 Å². The van der Waals surface area contributed by atoms with Crippen molar-refractivity contribution < 1.29 is 4.39 Å². The van der Waals surface area contributed by atoms with Crippen LogP contribution in [0.2, 0.25) is 0 Å². The van der Waals surface area contributed by atoms with Gasteiger partial charge in [-0.3, -0.25) is 4.39 Å². The van der Waals surface area contributed by atoms with Gasteiger partial charge in [0.1, 0.15) is 0 Å². The summed E-state index contributed by atoms with van der Waals surface area (Å²) in [4.78, 5) is 0. The van der Waals surface area contributed by atoms with E-state index in [4.69, 9.17) is 0 Å². The molecule has 0 saturated heterocycles. The molecule has 0 heterocycles. The number of hydrogen-bond acceptors (Lipinski definition) is 0. The first kappa shape index (κ1) is 27.9.